The average Bonchev–Trinajstić information content (AvgIpc) is 3.28. The second-order valence-electron chi connectivity index (χ2n) is 6.57. The predicted molar refractivity (Wildman–Crippen MR) is 98.0 cm³/mol. The molecular weight excluding hydrogens is 332 g/mol. The van der Waals surface area contributed by atoms with Crippen molar-refractivity contribution in [2.45, 2.75) is 25.4 Å². The molecule has 1 aromatic carbocycles. The van der Waals surface area contributed by atoms with Crippen molar-refractivity contribution in [1.29, 1.82) is 0 Å². The lowest BCUT2D eigenvalue weighted by Gasteiger charge is -2.32. The van der Waals surface area contributed by atoms with Crippen LogP contribution in [-0.4, -0.2) is 49.7 Å². The van der Waals surface area contributed by atoms with Crippen molar-refractivity contribution in [3.8, 4) is 0 Å². The minimum absolute atomic E-state index is 0.0464. The van der Waals surface area contributed by atoms with E-state index in [1.54, 1.807) is 12.5 Å². The number of carbonyl (C=O) groups excluding carboxylic acids is 1. The number of H-pyrrole nitrogens is 1. The van der Waals surface area contributed by atoms with Crippen molar-refractivity contribution in [2.75, 3.05) is 19.6 Å². The highest BCUT2D eigenvalue weighted by Gasteiger charge is 2.25. The summed E-state index contributed by atoms with van der Waals surface area (Å²) in [5.41, 5.74) is 1.72. The molecule has 3 aromatic rings. The Kier molecular flexibility index (Phi) is 4.47. The van der Waals surface area contributed by atoms with Gasteiger partial charge >= 0.3 is 11.7 Å². The summed E-state index contributed by atoms with van der Waals surface area (Å²) in [6.45, 7) is 2.56. The predicted octanol–water partition coefficient (Wildman–Crippen LogP) is 1.57. The Morgan fingerprint density at radius 1 is 1.27 bits per heavy atom. The summed E-state index contributed by atoms with van der Waals surface area (Å²) in [4.78, 5) is 33.3. The number of fused-ring (bicyclic) bond motifs is 1. The van der Waals surface area contributed by atoms with E-state index in [-0.39, 0.29) is 17.8 Å². The van der Waals surface area contributed by atoms with Gasteiger partial charge in [0, 0.05) is 44.6 Å². The van der Waals surface area contributed by atoms with Gasteiger partial charge in [0.1, 0.15) is 0 Å². The van der Waals surface area contributed by atoms with Crippen LogP contribution in [0.15, 0.2) is 47.8 Å². The molecule has 0 radical (unpaired) electrons. The number of benzene rings is 1. The molecule has 0 spiro atoms. The molecule has 0 unspecified atom stereocenters. The number of urea groups is 1. The normalized spacial score (nSPS) is 15.5. The van der Waals surface area contributed by atoms with E-state index in [9.17, 15) is 9.59 Å². The first-order valence-electron chi connectivity index (χ1n) is 8.90. The summed E-state index contributed by atoms with van der Waals surface area (Å²) < 4.78 is 3.76. The van der Waals surface area contributed by atoms with E-state index in [1.807, 2.05) is 44.5 Å². The van der Waals surface area contributed by atoms with Gasteiger partial charge in [-0.25, -0.2) is 14.6 Å². The molecule has 3 heterocycles. The highest BCUT2D eigenvalue weighted by atomic mass is 16.2. The molecule has 1 aliphatic rings. The van der Waals surface area contributed by atoms with E-state index in [2.05, 4.69) is 15.3 Å². The molecule has 0 bridgehead atoms. The van der Waals surface area contributed by atoms with Gasteiger partial charge in [-0.2, -0.15) is 0 Å². The molecule has 26 heavy (non-hydrogen) atoms. The Morgan fingerprint density at radius 2 is 2.08 bits per heavy atom. The summed E-state index contributed by atoms with van der Waals surface area (Å²) in [7, 11) is 0. The molecule has 0 saturated carbocycles. The van der Waals surface area contributed by atoms with Crippen LogP contribution < -0.4 is 11.0 Å². The standard InChI is InChI=1S/C18H22N6O2/c25-17(20-8-12-22-11-7-19-13-22)23-9-5-14(6-10-23)24-16-4-2-1-3-15(16)21-18(24)26/h1-4,7,11,13-14H,5-6,8-10,12H2,(H,20,25)(H,21,26). The lowest BCUT2D eigenvalue weighted by atomic mass is 10.0. The smallest absolute Gasteiger partial charge is 0.326 e. The number of hydrogen-bond donors (Lipinski definition) is 2. The monoisotopic (exact) mass is 354 g/mol. The van der Waals surface area contributed by atoms with Crippen LogP contribution in [-0.2, 0) is 6.54 Å². The Labute approximate surface area is 150 Å². The summed E-state index contributed by atoms with van der Waals surface area (Å²) in [6.07, 6.45) is 6.87. The molecule has 2 N–H and O–H groups in total. The fraction of sp³-hybridized carbons (Fsp3) is 0.389. The molecule has 2 aromatic heterocycles. The number of hydrogen-bond acceptors (Lipinski definition) is 3. The van der Waals surface area contributed by atoms with Gasteiger partial charge in [-0.15, -0.1) is 0 Å². The molecule has 8 heteroatoms. The average molecular weight is 354 g/mol. The summed E-state index contributed by atoms with van der Waals surface area (Å²) in [6, 6.07) is 7.80. The largest absolute Gasteiger partial charge is 0.336 e. The van der Waals surface area contributed by atoms with E-state index >= 15 is 0 Å². The number of nitrogens with zero attached hydrogens (tertiary/aromatic N) is 4. The Morgan fingerprint density at radius 3 is 2.85 bits per heavy atom. The zero-order valence-electron chi connectivity index (χ0n) is 14.5. The molecule has 8 nitrogen and oxygen atoms in total. The maximum Gasteiger partial charge on any atom is 0.326 e. The zero-order chi connectivity index (χ0) is 17.9. The quantitative estimate of drug-likeness (QED) is 0.745. The Bertz CT molecular complexity index is 934. The fourth-order valence-corrected chi connectivity index (χ4v) is 3.59. The maximum atomic E-state index is 12.3. The summed E-state index contributed by atoms with van der Waals surface area (Å²) in [5, 5.41) is 2.94. The number of rotatable bonds is 4. The van der Waals surface area contributed by atoms with Crippen molar-refractivity contribution in [3.05, 3.63) is 53.5 Å². The van der Waals surface area contributed by atoms with Gasteiger partial charge < -0.3 is 19.8 Å². The van der Waals surface area contributed by atoms with Crippen molar-refractivity contribution in [1.82, 2.24) is 29.3 Å². The van der Waals surface area contributed by atoms with E-state index in [0.29, 0.717) is 26.2 Å². The van der Waals surface area contributed by atoms with Crippen LogP contribution in [0.5, 0.6) is 0 Å². The van der Waals surface area contributed by atoms with E-state index in [1.165, 1.54) is 0 Å². The number of piperidine rings is 1. The first kappa shape index (κ1) is 16.4. The van der Waals surface area contributed by atoms with Crippen molar-refractivity contribution in [2.24, 2.45) is 0 Å². The number of amides is 2. The Balaban J connectivity index is 1.34. The van der Waals surface area contributed by atoms with Crippen LogP contribution in [0.2, 0.25) is 0 Å². The number of likely N-dealkylation sites (tertiary alicyclic amines) is 1. The van der Waals surface area contributed by atoms with Crippen molar-refractivity contribution in [3.63, 3.8) is 0 Å². The van der Waals surface area contributed by atoms with Crippen molar-refractivity contribution < 1.29 is 4.79 Å². The van der Waals surface area contributed by atoms with Crippen LogP contribution in [0, 0.1) is 0 Å². The van der Waals surface area contributed by atoms with Gasteiger partial charge in [-0.05, 0) is 25.0 Å². The van der Waals surface area contributed by atoms with Gasteiger partial charge in [0.2, 0.25) is 0 Å². The van der Waals surface area contributed by atoms with Gasteiger partial charge in [0.05, 0.1) is 17.4 Å². The Hall–Kier alpha value is -3.03. The van der Waals surface area contributed by atoms with Crippen LogP contribution in [0.1, 0.15) is 18.9 Å². The third-order valence-corrected chi connectivity index (χ3v) is 4.95. The highest BCUT2D eigenvalue weighted by Crippen LogP contribution is 2.24. The number of para-hydroxylation sites is 2. The van der Waals surface area contributed by atoms with Gasteiger partial charge in [0.25, 0.3) is 0 Å². The number of nitrogens with one attached hydrogen (secondary N) is 2. The topological polar surface area (TPSA) is 87.9 Å². The van der Waals surface area contributed by atoms with Gasteiger partial charge in [-0.1, -0.05) is 12.1 Å². The maximum absolute atomic E-state index is 12.3. The summed E-state index contributed by atoms with van der Waals surface area (Å²) in [5.74, 6) is 0. The molecule has 1 fully saturated rings. The molecule has 136 valence electrons. The molecule has 1 saturated heterocycles. The highest BCUT2D eigenvalue weighted by molar-refractivity contribution is 5.75. The van der Waals surface area contributed by atoms with Gasteiger partial charge in [0.15, 0.2) is 0 Å². The van der Waals surface area contributed by atoms with E-state index in [0.717, 1.165) is 23.9 Å². The minimum Gasteiger partial charge on any atom is -0.336 e. The lowest BCUT2D eigenvalue weighted by molar-refractivity contribution is 0.171. The van der Waals surface area contributed by atoms with Crippen molar-refractivity contribution >= 4 is 17.1 Å². The molecule has 0 aliphatic carbocycles. The lowest BCUT2D eigenvalue weighted by Crippen LogP contribution is -2.46. The SMILES string of the molecule is O=C(NCCn1ccnc1)N1CCC(n2c(=O)[nH]c3ccccc32)CC1. The van der Waals surface area contributed by atoms with Crippen LogP contribution in [0.4, 0.5) is 4.79 Å². The van der Waals surface area contributed by atoms with Crippen LogP contribution in [0.3, 0.4) is 0 Å². The number of aromatic nitrogens is 4. The van der Waals surface area contributed by atoms with Crippen LogP contribution in [0.25, 0.3) is 11.0 Å². The molecule has 4 rings (SSSR count). The van der Waals surface area contributed by atoms with E-state index < -0.39 is 0 Å². The third kappa shape index (κ3) is 3.22. The molecule has 1 aliphatic heterocycles. The molecule has 0 atom stereocenters. The number of carbonyl (C=O) groups is 1. The first-order valence-corrected chi connectivity index (χ1v) is 8.90. The van der Waals surface area contributed by atoms with Gasteiger partial charge in [-0.3, -0.25) is 4.57 Å². The van der Waals surface area contributed by atoms with Crippen LogP contribution >= 0.6 is 0 Å². The first-order chi connectivity index (χ1) is 12.7. The zero-order valence-corrected chi connectivity index (χ0v) is 14.5. The number of imidazole rings is 2. The fourth-order valence-electron chi connectivity index (χ4n) is 3.59. The summed E-state index contributed by atoms with van der Waals surface area (Å²) >= 11 is 0. The second kappa shape index (κ2) is 7.07. The minimum atomic E-state index is -0.0746. The second-order valence-corrected chi connectivity index (χ2v) is 6.57. The van der Waals surface area contributed by atoms with E-state index in [4.69, 9.17) is 0 Å². The molecular formula is C18H22N6O2. The molecule has 2 amide bonds. The third-order valence-electron chi connectivity index (χ3n) is 4.95. The number of aromatic amines is 1.